The summed E-state index contributed by atoms with van der Waals surface area (Å²) in [4.78, 5) is 21.6. The van der Waals surface area contributed by atoms with Crippen LogP contribution in [-0.2, 0) is 34.1 Å². The number of hydrogen-bond acceptors (Lipinski definition) is 6. The minimum absolute atomic E-state index is 0.0201. The molecule has 13 heteroatoms. The summed E-state index contributed by atoms with van der Waals surface area (Å²) >= 11 is 0. The SMILES string of the molecule is O=C(NCc1cc(NCc2ccncc2)nc(-c2ccc(C(F)(F)F)cc2)c1)C1C=CCN1S(=O)(=O)c1ccc(F)cc1. The third-order valence-corrected chi connectivity index (χ3v) is 8.55. The average molecular weight is 612 g/mol. The molecule has 0 bridgehead atoms. The summed E-state index contributed by atoms with van der Waals surface area (Å²) in [5.41, 5.74) is 1.51. The van der Waals surface area contributed by atoms with Crippen LogP contribution < -0.4 is 10.6 Å². The third-order valence-electron chi connectivity index (χ3n) is 6.69. The van der Waals surface area contributed by atoms with E-state index in [-0.39, 0.29) is 18.0 Å². The molecule has 0 fully saturated rings. The van der Waals surface area contributed by atoms with E-state index in [1.165, 1.54) is 18.2 Å². The molecule has 1 atom stereocenters. The van der Waals surface area contributed by atoms with E-state index in [0.717, 1.165) is 46.3 Å². The topological polar surface area (TPSA) is 104 Å². The number of nitrogens with one attached hydrogen (secondary N) is 2. The summed E-state index contributed by atoms with van der Waals surface area (Å²) in [6, 6.07) is 14.7. The van der Waals surface area contributed by atoms with Crippen molar-refractivity contribution in [3.05, 3.63) is 120 Å². The maximum Gasteiger partial charge on any atom is 0.416 e. The van der Waals surface area contributed by atoms with Crippen LogP contribution in [0.4, 0.5) is 23.4 Å². The highest BCUT2D eigenvalue weighted by molar-refractivity contribution is 7.89. The number of nitrogens with zero attached hydrogens (tertiary/aromatic N) is 3. The molecule has 222 valence electrons. The molecule has 2 N–H and O–H groups in total. The molecular formula is C30H25F4N5O3S. The van der Waals surface area contributed by atoms with Crippen LogP contribution in [0.1, 0.15) is 16.7 Å². The first kappa shape index (κ1) is 29.9. The Bertz CT molecular complexity index is 1730. The molecule has 5 rings (SSSR count). The van der Waals surface area contributed by atoms with Crippen LogP contribution in [0, 0.1) is 5.82 Å². The van der Waals surface area contributed by atoms with Crippen LogP contribution in [0.2, 0.25) is 0 Å². The highest BCUT2D eigenvalue weighted by Gasteiger charge is 2.36. The van der Waals surface area contributed by atoms with Crippen LogP contribution >= 0.6 is 0 Å². The lowest BCUT2D eigenvalue weighted by Crippen LogP contribution is -2.45. The number of alkyl halides is 3. The van der Waals surface area contributed by atoms with Gasteiger partial charge in [-0.1, -0.05) is 24.3 Å². The van der Waals surface area contributed by atoms with Crippen molar-refractivity contribution in [3.63, 3.8) is 0 Å². The fourth-order valence-electron chi connectivity index (χ4n) is 4.46. The summed E-state index contributed by atoms with van der Waals surface area (Å²) < 4.78 is 79.9. The molecule has 0 saturated heterocycles. The van der Waals surface area contributed by atoms with Gasteiger partial charge in [-0.3, -0.25) is 9.78 Å². The van der Waals surface area contributed by atoms with Gasteiger partial charge >= 0.3 is 6.18 Å². The number of amides is 1. The zero-order chi connectivity index (χ0) is 30.6. The van der Waals surface area contributed by atoms with Gasteiger partial charge in [0.05, 0.1) is 16.2 Å². The van der Waals surface area contributed by atoms with Gasteiger partial charge in [0.2, 0.25) is 15.9 Å². The first-order valence-corrected chi connectivity index (χ1v) is 14.5. The zero-order valence-electron chi connectivity index (χ0n) is 22.4. The second kappa shape index (κ2) is 12.3. The molecule has 0 radical (unpaired) electrons. The van der Waals surface area contributed by atoms with Crippen LogP contribution in [0.25, 0.3) is 11.3 Å². The predicted molar refractivity (Wildman–Crippen MR) is 151 cm³/mol. The van der Waals surface area contributed by atoms with E-state index in [9.17, 15) is 30.8 Å². The van der Waals surface area contributed by atoms with Gasteiger partial charge in [-0.15, -0.1) is 0 Å². The molecule has 2 aromatic heterocycles. The second-order valence-corrected chi connectivity index (χ2v) is 11.5. The number of pyridine rings is 2. The Morgan fingerprint density at radius 1 is 0.930 bits per heavy atom. The lowest BCUT2D eigenvalue weighted by Gasteiger charge is -2.23. The van der Waals surface area contributed by atoms with Crippen molar-refractivity contribution in [3.8, 4) is 11.3 Å². The Kier molecular flexibility index (Phi) is 8.55. The number of sulfonamides is 1. The number of aromatic nitrogens is 2. The Hall–Kier alpha value is -4.62. The molecule has 1 amide bonds. The summed E-state index contributed by atoms with van der Waals surface area (Å²) in [6.07, 6.45) is 1.82. The highest BCUT2D eigenvalue weighted by Crippen LogP contribution is 2.31. The van der Waals surface area contributed by atoms with E-state index in [1.807, 2.05) is 12.1 Å². The maximum absolute atomic E-state index is 13.3. The zero-order valence-corrected chi connectivity index (χ0v) is 23.2. The van der Waals surface area contributed by atoms with Crippen LogP contribution in [0.15, 0.2) is 102 Å². The number of hydrogen-bond donors (Lipinski definition) is 2. The molecular weight excluding hydrogens is 586 g/mol. The Morgan fingerprint density at radius 3 is 2.30 bits per heavy atom. The van der Waals surface area contributed by atoms with Gasteiger partial charge in [0.25, 0.3) is 0 Å². The third kappa shape index (κ3) is 7.07. The van der Waals surface area contributed by atoms with Gasteiger partial charge in [0, 0.05) is 37.6 Å². The lowest BCUT2D eigenvalue weighted by atomic mass is 10.1. The molecule has 0 spiro atoms. The molecule has 8 nitrogen and oxygen atoms in total. The molecule has 1 aliphatic rings. The fourth-order valence-corrected chi connectivity index (χ4v) is 5.95. The second-order valence-electron chi connectivity index (χ2n) is 9.65. The van der Waals surface area contributed by atoms with Crippen molar-refractivity contribution in [2.45, 2.75) is 30.2 Å². The standard InChI is InChI=1S/C30H25F4N5O3S/c31-24-7-9-25(10-8-24)43(41,42)39-15-1-2-27(39)29(40)37-19-21-16-26(22-3-5-23(6-4-22)30(32,33)34)38-28(17-21)36-18-20-11-13-35-14-12-20/h1-14,16-17,27H,15,18-19H2,(H,36,38)(H,37,40). The molecule has 0 aliphatic carbocycles. The molecule has 1 aliphatic heterocycles. The summed E-state index contributed by atoms with van der Waals surface area (Å²) in [6.45, 7) is 0.336. The summed E-state index contributed by atoms with van der Waals surface area (Å²) in [5.74, 6) is -0.756. The largest absolute Gasteiger partial charge is 0.416 e. The lowest BCUT2D eigenvalue weighted by molar-refractivity contribution is -0.137. The van der Waals surface area contributed by atoms with Crippen LogP contribution in [0.3, 0.4) is 0 Å². The minimum atomic E-state index is -4.48. The number of halogens is 4. The smallest absolute Gasteiger partial charge is 0.366 e. The monoisotopic (exact) mass is 611 g/mol. The number of benzene rings is 2. The van der Waals surface area contributed by atoms with Gasteiger partial charge < -0.3 is 10.6 Å². The Morgan fingerprint density at radius 2 is 1.63 bits per heavy atom. The minimum Gasteiger partial charge on any atom is -0.366 e. The van der Waals surface area contributed by atoms with E-state index in [1.54, 1.807) is 30.6 Å². The quantitative estimate of drug-likeness (QED) is 0.200. The first-order chi connectivity index (χ1) is 20.5. The molecule has 1 unspecified atom stereocenters. The molecule has 43 heavy (non-hydrogen) atoms. The van der Waals surface area contributed by atoms with Gasteiger partial charge in [-0.05, 0) is 71.8 Å². The van der Waals surface area contributed by atoms with Gasteiger partial charge in [0.15, 0.2) is 0 Å². The van der Waals surface area contributed by atoms with E-state index in [2.05, 4.69) is 20.6 Å². The average Bonchev–Trinajstić information content (AvgIpc) is 3.51. The van der Waals surface area contributed by atoms with Crippen molar-refractivity contribution in [2.75, 3.05) is 11.9 Å². The van der Waals surface area contributed by atoms with Crippen LogP contribution in [-0.4, -0.2) is 41.2 Å². The molecule has 4 aromatic rings. The van der Waals surface area contributed by atoms with Crippen molar-refractivity contribution in [1.29, 1.82) is 0 Å². The van der Waals surface area contributed by atoms with E-state index >= 15 is 0 Å². The number of carbonyl (C=O) groups excluding carboxylic acids is 1. The van der Waals surface area contributed by atoms with Crippen molar-refractivity contribution < 1.29 is 30.8 Å². The number of anilines is 1. The van der Waals surface area contributed by atoms with E-state index in [4.69, 9.17) is 0 Å². The predicted octanol–water partition coefficient (Wildman–Crippen LogP) is 5.16. The summed E-state index contributed by atoms with van der Waals surface area (Å²) in [7, 11) is -4.09. The van der Waals surface area contributed by atoms with Gasteiger partial charge in [0.1, 0.15) is 17.7 Å². The van der Waals surface area contributed by atoms with Gasteiger partial charge in [-0.2, -0.15) is 17.5 Å². The molecule has 2 aromatic carbocycles. The summed E-state index contributed by atoms with van der Waals surface area (Å²) in [5, 5.41) is 5.93. The fraction of sp³-hybridized carbons (Fsp3) is 0.167. The number of carbonyl (C=O) groups is 1. The van der Waals surface area contributed by atoms with E-state index < -0.39 is 39.5 Å². The van der Waals surface area contributed by atoms with Crippen molar-refractivity contribution in [1.82, 2.24) is 19.6 Å². The highest BCUT2D eigenvalue weighted by atomic mass is 32.2. The molecule has 3 heterocycles. The molecule has 0 saturated carbocycles. The van der Waals surface area contributed by atoms with Gasteiger partial charge in [-0.25, -0.2) is 17.8 Å². The van der Waals surface area contributed by atoms with E-state index in [0.29, 0.717) is 29.2 Å². The normalized spacial score (nSPS) is 15.4. The van der Waals surface area contributed by atoms with Crippen molar-refractivity contribution in [2.24, 2.45) is 0 Å². The van der Waals surface area contributed by atoms with Crippen molar-refractivity contribution >= 4 is 21.7 Å². The first-order valence-electron chi connectivity index (χ1n) is 13.0. The Balaban J connectivity index is 1.36. The maximum atomic E-state index is 13.3. The van der Waals surface area contributed by atoms with Crippen LogP contribution in [0.5, 0.6) is 0 Å². The Labute approximate surface area is 245 Å². The number of rotatable bonds is 9.